The van der Waals surface area contributed by atoms with E-state index in [1.54, 1.807) is 7.05 Å². The highest BCUT2D eigenvalue weighted by molar-refractivity contribution is 5.77. The highest BCUT2D eigenvalue weighted by Gasteiger charge is 2.44. The molecule has 1 aromatic rings. The van der Waals surface area contributed by atoms with Crippen LogP contribution in [0.15, 0.2) is 30.3 Å². The Labute approximate surface area is 145 Å². The second-order valence-electron chi connectivity index (χ2n) is 6.92. The number of rotatable bonds is 5. The van der Waals surface area contributed by atoms with Gasteiger partial charge in [-0.05, 0) is 38.3 Å². The first-order chi connectivity index (χ1) is 11.7. The molecule has 5 heteroatoms. The van der Waals surface area contributed by atoms with E-state index in [2.05, 4.69) is 52.4 Å². The first-order valence-electron chi connectivity index (χ1n) is 9.04. The van der Waals surface area contributed by atoms with E-state index in [1.807, 2.05) is 0 Å². The smallest absolute Gasteiger partial charge is 0.233 e. The molecule has 2 heterocycles. The van der Waals surface area contributed by atoms with Crippen LogP contribution in [0.4, 0.5) is 5.69 Å². The molecule has 1 amide bonds. The molecule has 5 nitrogen and oxygen atoms in total. The van der Waals surface area contributed by atoms with E-state index >= 15 is 0 Å². The molecule has 24 heavy (non-hydrogen) atoms. The van der Waals surface area contributed by atoms with E-state index in [-0.39, 0.29) is 11.5 Å². The Morgan fingerprint density at radius 1 is 1.33 bits per heavy atom. The van der Waals surface area contributed by atoms with Crippen LogP contribution in [-0.2, 0) is 9.53 Å². The number of likely N-dealkylation sites (tertiary alicyclic amines) is 1. The number of nitrogens with one attached hydrogen (secondary N) is 1. The molecule has 1 atom stereocenters. The van der Waals surface area contributed by atoms with Crippen molar-refractivity contribution in [3.63, 3.8) is 0 Å². The van der Waals surface area contributed by atoms with Crippen molar-refractivity contribution in [3.8, 4) is 0 Å². The monoisotopic (exact) mass is 331 g/mol. The van der Waals surface area contributed by atoms with Crippen LogP contribution >= 0.6 is 0 Å². The molecule has 0 bridgehead atoms. The fourth-order valence-corrected chi connectivity index (χ4v) is 4.04. The van der Waals surface area contributed by atoms with Crippen LogP contribution in [-0.4, -0.2) is 62.3 Å². The van der Waals surface area contributed by atoms with Crippen molar-refractivity contribution in [1.82, 2.24) is 10.2 Å². The zero-order chi connectivity index (χ0) is 17.0. The van der Waals surface area contributed by atoms with Crippen LogP contribution < -0.4 is 10.2 Å². The second-order valence-corrected chi connectivity index (χ2v) is 6.92. The van der Waals surface area contributed by atoms with Crippen LogP contribution in [0.3, 0.4) is 0 Å². The van der Waals surface area contributed by atoms with E-state index < -0.39 is 0 Å². The van der Waals surface area contributed by atoms with Crippen molar-refractivity contribution in [2.24, 2.45) is 0 Å². The maximum absolute atomic E-state index is 11.5. The third-order valence-corrected chi connectivity index (χ3v) is 5.47. The molecule has 2 aliphatic rings. The Morgan fingerprint density at radius 2 is 2.04 bits per heavy atom. The first kappa shape index (κ1) is 17.2. The summed E-state index contributed by atoms with van der Waals surface area (Å²) in [4.78, 5) is 16.2. The van der Waals surface area contributed by atoms with E-state index in [0.29, 0.717) is 12.6 Å². The number of hydrogen-bond acceptors (Lipinski definition) is 4. The molecule has 0 radical (unpaired) electrons. The molecule has 2 fully saturated rings. The van der Waals surface area contributed by atoms with Crippen LogP contribution in [0.25, 0.3) is 0 Å². The first-order valence-corrected chi connectivity index (χ1v) is 9.04. The van der Waals surface area contributed by atoms with Gasteiger partial charge in [0.1, 0.15) is 0 Å². The summed E-state index contributed by atoms with van der Waals surface area (Å²) < 4.78 is 6.31. The third kappa shape index (κ3) is 3.73. The summed E-state index contributed by atoms with van der Waals surface area (Å²) >= 11 is 0. The second kappa shape index (κ2) is 7.53. The zero-order valence-electron chi connectivity index (χ0n) is 14.8. The summed E-state index contributed by atoms with van der Waals surface area (Å²) in [6.07, 6.45) is 3.13. The molecule has 1 aromatic carbocycles. The quantitative estimate of drug-likeness (QED) is 0.895. The molecule has 132 valence electrons. The molecule has 3 rings (SSSR count). The summed E-state index contributed by atoms with van der Waals surface area (Å²) in [6.45, 7) is 6.40. The normalized spacial score (nSPS) is 23.3. The molecule has 0 saturated carbocycles. The van der Waals surface area contributed by atoms with Gasteiger partial charge in [0.25, 0.3) is 0 Å². The number of piperidine rings is 1. The summed E-state index contributed by atoms with van der Waals surface area (Å²) in [5.41, 5.74) is 1.29. The van der Waals surface area contributed by atoms with Crippen molar-refractivity contribution in [2.45, 2.75) is 37.8 Å². The number of ether oxygens (including phenoxy) is 1. The summed E-state index contributed by atoms with van der Waals surface area (Å²) in [5, 5.41) is 2.70. The summed E-state index contributed by atoms with van der Waals surface area (Å²) in [7, 11) is 1.70. The number of benzene rings is 1. The number of nitrogens with zero attached hydrogens (tertiary/aromatic N) is 2. The van der Waals surface area contributed by atoms with E-state index in [1.165, 1.54) is 5.69 Å². The molecule has 0 aromatic heterocycles. The van der Waals surface area contributed by atoms with Crippen LogP contribution in [0.2, 0.25) is 0 Å². The standard InChI is InChI=1S/C19H29N3O2/c1-3-22(16-7-5-4-6-8-16)17-13-19(24-15-17)9-11-21(12-10-19)14-18(23)20-2/h4-8,17H,3,9-15H2,1-2H3,(H,20,23)/t17-/m1/s1. The van der Waals surface area contributed by atoms with Crippen LogP contribution in [0.5, 0.6) is 0 Å². The van der Waals surface area contributed by atoms with Gasteiger partial charge in [0.2, 0.25) is 5.91 Å². The number of carbonyl (C=O) groups is 1. The number of anilines is 1. The number of amides is 1. The lowest BCUT2D eigenvalue weighted by Gasteiger charge is -2.39. The van der Waals surface area contributed by atoms with Gasteiger partial charge in [-0.2, -0.15) is 0 Å². The van der Waals surface area contributed by atoms with Crippen molar-refractivity contribution in [1.29, 1.82) is 0 Å². The topological polar surface area (TPSA) is 44.8 Å². The average Bonchev–Trinajstić information content (AvgIpc) is 3.02. The minimum atomic E-state index is 0.00601. The lowest BCUT2D eigenvalue weighted by Crippen LogP contribution is -2.47. The van der Waals surface area contributed by atoms with Crippen molar-refractivity contribution in [2.75, 3.05) is 44.7 Å². The number of likely N-dealkylation sites (N-methyl/N-ethyl adjacent to an activating group) is 2. The van der Waals surface area contributed by atoms with Gasteiger partial charge in [-0.3, -0.25) is 9.69 Å². The lowest BCUT2D eigenvalue weighted by atomic mass is 9.87. The Hall–Kier alpha value is -1.59. The van der Waals surface area contributed by atoms with Crippen LogP contribution in [0, 0.1) is 0 Å². The Balaban J connectivity index is 1.58. The van der Waals surface area contributed by atoms with Gasteiger partial charge in [-0.15, -0.1) is 0 Å². The SMILES string of the molecule is CCN(c1ccccc1)[C@H]1COC2(CCN(CC(=O)NC)CC2)C1. The van der Waals surface area contributed by atoms with Gasteiger partial charge in [-0.25, -0.2) is 0 Å². The van der Waals surface area contributed by atoms with E-state index in [4.69, 9.17) is 4.74 Å². The maximum Gasteiger partial charge on any atom is 0.233 e. The van der Waals surface area contributed by atoms with Gasteiger partial charge in [0, 0.05) is 32.4 Å². The van der Waals surface area contributed by atoms with E-state index in [9.17, 15) is 4.79 Å². The van der Waals surface area contributed by atoms with Gasteiger partial charge in [0.15, 0.2) is 0 Å². The van der Waals surface area contributed by atoms with E-state index in [0.717, 1.165) is 45.5 Å². The van der Waals surface area contributed by atoms with Gasteiger partial charge >= 0.3 is 0 Å². The molecule has 2 saturated heterocycles. The summed E-state index contributed by atoms with van der Waals surface area (Å²) in [6, 6.07) is 11.1. The Morgan fingerprint density at radius 3 is 2.67 bits per heavy atom. The molecule has 0 unspecified atom stereocenters. The highest BCUT2D eigenvalue weighted by Crippen LogP contribution is 2.38. The van der Waals surface area contributed by atoms with Gasteiger partial charge < -0.3 is 15.0 Å². The zero-order valence-corrected chi connectivity index (χ0v) is 14.8. The molecule has 2 aliphatic heterocycles. The fourth-order valence-electron chi connectivity index (χ4n) is 4.04. The number of para-hydroxylation sites is 1. The van der Waals surface area contributed by atoms with Gasteiger partial charge in [-0.1, -0.05) is 18.2 Å². The Kier molecular flexibility index (Phi) is 5.41. The minimum absolute atomic E-state index is 0.00601. The summed E-state index contributed by atoms with van der Waals surface area (Å²) in [5.74, 6) is 0.0948. The minimum Gasteiger partial charge on any atom is -0.373 e. The average molecular weight is 331 g/mol. The largest absolute Gasteiger partial charge is 0.373 e. The third-order valence-electron chi connectivity index (χ3n) is 5.47. The van der Waals surface area contributed by atoms with Crippen molar-refractivity contribution >= 4 is 11.6 Å². The fraction of sp³-hybridized carbons (Fsp3) is 0.632. The highest BCUT2D eigenvalue weighted by atomic mass is 16.5. The molecule has 0 aliphatic carbocycles. The predicted molar refractivity (Wildman–Crippen MR) is 96.3 cm³/mol. The molecule has 1 N–H and O–H groups in total. The maximum atomic E-state index is 11.5. The molecular weight excluding hydrogens is 302 g/mol. The Bertz CT molecular complexity index is 541. The lowest BCUT2D eigenvalue weighted by molar-refractivity contribution is -0.123. The predicted octanol–water partition coefficient (Wildman–Crippen LogP) is 1.88. The van der Waals surface area contributed by atoms with Gasteiger partial charge in [0.05, 0.1) is 24.8 Å². The number of hydrogen-bond donors (Lipinski definition) is 1. The molecule has 1 spiro atoms. The number of carbonyl (C=O) groups excluding carboxylic acids is 1. The van der Waals surface area contributed by atoms with Crippen molar-refractivity contribution in [3.05, 3.63) is 30.3 Å². The van der Waals surface area contributed by atoms with Crippen molar-refractivity contribution < 1.29 is 9.53 Å². The molecular formula is C19H29N3O2. The van der Waals surface area contributed by atoms with Crippen LogP contribution in [0.1, 0.15) is 26.2 Å².